The molecule has 0 saturated carbocycles. The van der Waals surface area contributed by atoms with Crippen LogP contribution in [0.15, 0.2) is 55.2 Å². The second-order valence-corrected chi connectivity index (χ2v) is 4.62. The van der Waals surface area contributed by atoms with Crippen LogP contribution in [0.3, 0.4) is 0 Å². The molecule has 0 bridgehead atoms. The summed E-state index contributed by atoms with van der Waals surface area (Å²) in [6, 6.07) is 5.24. The van der Waals surface area contributed by atoms with Gasteiger partial charge in [-0.15, -0.1) is 0 Å². The maximum Gasteiger partial charge on any atom is 0.131 e. The second-order valence-electron chi connectivity index (χ2n) is 4.62. The fraction of sp³-hybridized carbons (Fsp3) is 0.222. The van der Waals surface area contributed by atoms with E-state index in [1.54, 1.807) is 6.07 Å². The van der Waals surface area contributed by atoms with Gasteiger partial charge in [0.2, 0.25) is 0 Å². The highest BCUT2D eigenvalue weighted by molar-refractivity contribution is 5.69. The lowest BCUT2D eigenvalue weighted by atomic mass is 10.0. The lowest BCUT2D eigenvalue weighted by molar-refractivity contribution is 0.623. The standard InChI is InChI=1S/C18H21F/c1-6-15(7-2)9-8-14(5)17-11-10-16(13(3)4)12-18(17)19/h6,8-12H,1,3,7H2,2,4-5H3/b14-8+,15-9+. The number of hydrogen-bond acceptors (Lipinski definition) is 0. The number of benzene rings is 1. The van der Waals surface area contributed by atoms with E-state index in [9.17, 15) is 4.39 Å². The van der Waals surface area contributed by atoms with Crippen molar-refractivity contribution in [1.82, 2.24) is 0 Å². The van der Waals surface area contributed by atoms with Gasteiger partial charge in [-0.2, -0.15) is 0 Å². The molecule has 19 heavy (non-hydrogen) atoms. The Labute approximate surface area is 115 Å². The first-order valence-corrected chi connectivity index (χ1v) is 6.45. The van der Waals surface area contributed by atoms with Crippen LogP contribution in [-0.4, -0.2) is 0 Å². The van der Waals surface area contributed by atoms with E-state index in [4.69, 9.17) is 0 Å². The van der Waals surface area contributed by atoms with Crippen LogP contribution in [0.2, 0.25) is 0 Å². The van der Waals surface area contributed by atoms with Gasteiger partial charge in [-0.3, -0.25) is 0 Å². The van der Waals surface area contributed by atoms with Gasteiger partial charge >= 0.3 is 0 Å². The predicted octanol–water partition coefficient (Wildman–Crippen LogP) is 5.78. The molecule has 0 fully saturated rings. The lowest BCUT2D eigenvalue weighted by Crippen LogP contribution is -1.89. The first-order valence-electron chi connectivity index (χ1n) is 6.45. The zero-order chi connectivity index (χ0) is 14.4. The molecular weight excluding hydrogens is 235 g/mol. The van der Waals surface area contributed by atoms with E-state index < -0.39 is 0 Å². The molecule has 0 atom stereocenters. The van der Waals surface area contributed by atoms with Gasteiger partial charge in [-0.1, -0.05) is 56.0 Å². The summed E-state index contributed by atoms with van der Waals surface area (Å²) in [6.07, 6.45) is 6.66. The molecule has 0 amide bonds. The van der Waals surface area contributed by atoms with Crippen molar-refractivity contribution in [2.24, 2.45) is 0 Å². The molecular formula is C18H21F. The monoisotopic (exact) mass is 256 g/mol. The highest BCUT2D eigenvalue weighted by Crippen LogP contribution is 2.22. The van der Waals surface area contributed by atoms with Crippen LogP contribution in [0.1, 0.15) is 38.3 Å². The van der Waals surface area contributed by atoms with Gasteiger partial charge < -0.3 is 0 Å². The van der Waals surface area contributed by atoms with Gasteiger partial charge in [-0.25, -0.2) is 4.39 Å². The molecule has 1 heteroatoms. The molecule has 1 aromatic rings. The summed E-state index contributed by atoms with van der Waals surface area (Å²) in [5, 5.41) is 0. The fourth-order valence-electron chi connectivity index (χ4n) is 1.75. The molecule has 0 N–H and O–H groups in total. The van der Waals surface area contributed by atoms with Crippen molar-refractivity contribution >= 4 is 11.1 Å². The summed E-state index contributed by atoms with van der Waals surface area (Å²) in [7, 11) is 0. The molecule has 0 radical (unpaired) electrons. The Hall–Kier alpha value is -1.89. The maximum atomic E-state index is 14.0. The van der Waals surface area contributed by atoms with Gasteiger partial charge in [0.25, 0.3) is 0 Å². The van der Waals surface area contributed by atoms with Crippen LogP contribution in [0.5, 0.6) is 0 Å². The molecule has 1 aromatic carbocycles. The van der Waals surface area contributed by atoms with Crippen LogP contribution in [0.25, 0.3) is 11.1 Å². The summed E-state index contributed by atoms with van der Waals surface area (Å²) in [5.74, 6) is -0.209. The SMILES string of the molecule is C=C/C(=C\C=C(/C)c1ccc(C(=C)C)cc1F)CC. The topological polar surface area (TPSA) is 0 Å². The van der Waals surface area contributed by atoms with Crippen LogP contribution >= 0.6 is 0 Å². The zero-order valence-electron chi connectivity index (χ0n) is 12.0. The summed E-state index contributed by atoms with van der Waals surface area (Å²) in [5.41, 5.74) is 4.37. The Bertz CT molecular complexity index is 545. The van der Waals surface area contributed by atoms with Crippen molar-refractivity contribution in [1.29, 1.82) is 0 Å². The van der Waals surface area contributed by atoms with Crippen molar-refractivity contribution in [2.45, 2.75) is 27.2 Å². The van der Waals surface area contributed by atoms with E-state index in [-0.39, 0.29) is 5.82 Å². The minimum absolute atomic E-state index is 0.209. The molecule has 1 rings (SSSR count). The quantitative estimate of drug-likeness (QED) is 0.585. The predicted molar refractivity (Wildman–Crippen MR) is 83.3 cm³/mol. The molecule has 0 heterocycles. The van der Waals surface area contributed by atoms with E-state index in [0.29, 0.717) is 5.56 Å². The Morgan fingerprint density at radius 3 is 2.42 bits per heavy atom. The molecule has 0 saturated heterocycles. The van der Waals surface area contributed by atoms with Crippen LogP contribution < -0.4 is 0 Å². The normalized spacial score (nSPS) is 12.4. The van der Waals surface area contributed by atoms with Gasteiger partial charge in [0.1, 0.15) is 5.82 Å². The first kappa shape index (κ1) is 15.2. The molecule has 0 unspecified atom stereocenters. The summed E-state index contributed by atoms with van der Waals surface area (Å²) in [6.45, 7) is 13.4. The van der Waals surface area contributed by atoms with Crippen LogP contribution in [0, 0.1) is 5.82 Å². The first-order chi connectivity index (χ1) is 8.99. The van der Waals surface area contributed by atoms with Gasteiger partial charge in [0.15, 0.2) is 0 Å². The van der Waals surface area contributed by atoms with E-state index in [2.05, 4.69) is 20.1 Å². The number of hydrogen-bond donors (Lipinski definition) is 0. The van der Waals surface area contributed by atoms with Crippen molar-refractivity contribution in [2.75, 3.05) is 0 Å². The van der Waals surface area contributed by atoms with E-state index in [1.807, 2.05) is 38.1 Å². The number of allylic oxidation sites excluding steroid dienone is 6. The zero-order valence-corrected chi connectivity index (χ0v) is 12.0. The van der Waals surface area contributed by atoms with Crippen LogP contribution in [0.4, 0.5) is 4.39 Å². The van der Waals surface area contributed by atoms with Gasteiger partial charge in [0, 0.05) is 5.56 Å². The third-order valence-electron chi connectivity index (χ3n) is 3.10. The largest absolute Gasteiger partial charge is 0.206 e. The van der Waals surface area contributed by atoms with Gasteiger partial charge in [-0.05, 0) is 43.0 Å². The fourth-order valence-corrected chi connectivity index (χ4v) is 1.75. The molecule has 0 spiro atoms. The Morgan fingerprint density at radius 1 is 1.26 bits per heavy atom. The molecule has 0 aliphatic rings. The highest BCUT2D eigenvalue weighted by atomic mass is 19.1. The molecule has 0 aliphatic carbocycles. The minimum atomic E-state index is -0.209. The Balaban J connectivity index is 3.10. The molecule has 0 aromatic heterocycles. The lowest BCUT2D eigenvalue weighted by Gasteiger charge is -2.06. The van der Waals surface area contributed by atoms with Crippen molar-refractivity contribution in [3.8, 4) is 0 Å². The van der Waals surface area contributed by atoms with Gasteiger partial charge in [0.05, 0.1) is 0 Å². The molecule has 100 valence electrons. The van der Waals surface area contributed by atoms with Crippen molar-refractivity contribution < 1.29 is 4.39 Å². The Kier molecular flexibility index (Phi) is 5.50. The van der Waals surface area contributed by atoms with Crippen LogP contribution in [-0.2, 0) is 0 Å². The van der Waals surface area contributed by atoms with Crippen molar-refractivity contribution in [3.05, 3.63) is 72.1 Å². The molecule has 0 nitrogen and oxygen atoms in total. The maximum absolute atomic E-state index is 14.0. The van der Waals surface area contributed by atoms with E-state index in [0.717, 1.165) is 28.7 Å². The third kappa shape index (κ3) is 4.06. The second kappa shape index (κ2) is 6.89. The number of rotatable bonds is 5. The average Bonchev–Trinajstić information content (AvgIpc) is 2.39. The highest BCUT2D eigenvalue weighted by Gasteiger charge is 2.05. The summed E-state index contributed by atoms with van der Waals surface area (Å²) >= 11 is 0. The Morgan fingerprint density at radius 2 is 1.95 bits per heavy atom. The van der Waals surface area contributed by atoms with E-state index >= 15 is 0 Å². The third-order valence-corrected chi connectivity index (χ3v) is 3.10. The van der Waals surface area contributed by atoms with E-state index in [1.165, 1.54) is 6.07 Å². The average molecular weight is 256 g/mol. The summed E-state index contributed by atoms with van der Waals surface area (Å²) in [4.78, 5) is 0. The molecule has 0 aliphatic heterocycles. The number of halogens is 1. The summed E-state index contributed by atoms with van der Waals surface area (Å²) < 4.78 is 14.0. The minimum Gasteiger partial charge on any atom is -0.206 e. The van der Waals surface area contributed by atoms with Crippen molar-refractivity contribution in [3.63, 3.8) is 0 Å². The smallest absolute Gasteiger partial charge is 0.131 e.